The van der Waals surface area contributed by atoms with Crippen LogP contribution in [0.25, 0.3) is 0 Å². The predicted octanol–water partition coefficient (Wildman–Crippen LogP) is 2.22. The molecule has 0 aromatic heterocycles. The minimum absolute atomic E-state index is 0.162. The SMILES string of the molecule is CC(C)Oc1cccc(CNC(C)(C)CC(N)=O)c1. The summed E-state index contributed by atoms with van der Waals surface area (Å²) in [5.74, 6) is 0.566. The fraction of sp³-hybridized carbons (Fsp3) is 0.533. The van der Waals surface area contributed by atoms with E-state index < -0.39 is 0 Å². The summed E-state index contributed by atoms with van der Waals surface area (Å²) in [6, 6.07) is 7.95. The summed E-state index contributed by atoms with van der Waals surface area (Å²) < 4.78 is 5.65. The van der Waals surface area contributed by atoms with Gasteiger partial charge in [0.15, 0.2) is 0 Å². The first-order valence-corrected chi connectivity index (χ1v) is 6.57. The van der Waals surface area contributed by atoms with Crippen LogP contribution in [0.15, 0.2) is 24.3 Å². The molecule has 0 spiro atoms. The van der Waals surface area contributed by atoms with E-state index in [2.05, 4.69) is 5.32 Å². The maximum atomic E-state index is 11.0. The highest BCUT2D eigenvalue weighted by atomic mass is 16.5. The molecule has 1 rings (SSSR count). The number of amides is 1. The van der Waals surface area contributed by atoms with E-state index >= 15 is 0 Å². The predicted molar refractivity (Wildman–Crippen MR) is 76.9 cm³/mol. The molecule has 4 nitrogen and oxygen atoms in total. The van der Waals surface area contributed by atoms with E-state index in [4.69, 9.17) is 10.5 Å². The lowest BCUT2D eigenvalue weighted by molar-refractivity contribution is -0.119. The van der Waals surface area contributed by atoms with Crippen molar-refractivity contribution in [1.29, 1.82) is 0 Å². The molecule has 1 aromatic rings. The highest BCUT2D eigenvalue weighted by molar-refractivity contribution is 5.74. The van der Waals surface area contributed by atoms with Crippen LogP contribution in [-0.4, -0.2) is 17.6 Å². The number of carbonyl (C=O) groups is 1. The molecule has 1 aromatic carbocycles. The Labute approximate surface area is 115 Å². The molecular weight excluding hydrogens is 240 g/mol. The number of hydrogen-bond acceptors (Lipinski definition) is 3. The first kappa shape index (κ1) is 15.5. The number of nitrogens with one attached hydrogen (secondary N) is 1. The van der Waals surface area contributed by atoms with Crippen LogP contribution in [-0.2, 0) is 11.3 Å². The summed E-state index contributed by atoms with van der Waals surface area (Å²) in [4.78, 5) is 11.0. The second-order valence-electron chi connectivity index (χ2n) is 5.69. The number of benzene rings is 1. The van der Waals surface area contributed by atoms with Crippen LogP contribution in [0, 0.1) is 0 Å². The van der Waals surface area contributed by atoms with E-state index in [-0.39, 0.29) is 17.6 Å². The zero-order chi connectivity index (χ0) is 14.5. The van der Waals surface area contributed by atoms with Crippen LogP contribution in [0.2, 0.25) is 0 Å². The summed E-state index contributed by atoms with van der Waals surface area (Å²) in [7, 11) is 0. The molecule has 4 heteroatoms. The van der Waals surface area contributed by atoms with Gasteiger partial charge in [-0.05, 0) is 45.4 Å². The Bertz CT molecular complexity index is 428. The minimum atomic E-state index is -0.305. The van der Waals surface area contributed by atoms with Crippen LogP contribution in [0.4, 0.5) is 0 Å². The smallest absolute Gasteiger partial charge is 0.219 e. The fourth-order valence-corrected chi connectivity index (χ4v) is 1.84. The number of carbonyl (C=O) groups excluding carboxylic acids is 1. The van der Waals surface area contributed by atoms with Crippen molar-refractivity contribution in [2.24, 2.45) is 5.73 Å². The van der Waals surface area contributed by atoms with Crippen molar-refractivity contribution in [2.45, 2.75) is 52.3 Å². The molecule has 0 bridgehead atoms. The van der Waals surface area contributed by atoms with Crippen molar-refractivity contribution in [3.63, 3.8) is 0 Å². The molecular formula is C15H24N2O2. The molecule has 0 saturated carbocycles. The molecule has 0 radical (unpaired) electrons. The summed E-state index contributed by atoms with van der Waals surface area (Å²) >= 11 is 0. The van der Waals surface area contributed by atoms with Crippen molar-refractivity contribution in [3.05, 3.63) is 29.8 Å². The van der Waals surface area contributed by atoms with Gasteiger partial charge in [0.2, 0.25) is 5.91 Å². The van der Waals surface area contributed by atoms with Crippen molar-refractivity contribution < 1.29 is 9.53 Å². The first-order chi connectivity index (χ1) is 8.78. The van der Waals surface area contributed by atoms with Gasteiger partial charge in [-0.25, -0.2) is 0 Å². The maximum absolute atomic E-state index is 11.0. The Morgan fingerprint density at radius 3 is 2.68 bits per heavy atom. The average Bonchev–Trinajstić information content (AvgIpc) is 2.24. The molecule has 1 amide bonds. The van der Waals surface area contributed by atoms with Gasteiger partial charge >= 0.3 is 0 Å². The largest absolute Gasteiger partial charge is 0.491 e. The van der Waals surface area contributed by atoms with Gasteiger partial charge in [0.05, 0.1) is 6.10 Å². The Kier molecular flexibility index (Phi) is 5.36. The molecule has 0 heterocycles. The quantitative estimate of drug-likeness (QED) is 0.793. The minimum Gasteiger partial charge on any atom is -0.491 e. The van der Waals surface area contributed by atoms with Gasteiger partial charge in [-0.15, -0.1) is 0 Å². The van der Waals surface area contributed by atoms with Crippen LogP contribution in [0.5, 0.6) is 5.75 Å². The molecule has 0 unspecified atom stereocenters. The Balaban J connectivity index is 2.60. The van der Waals surface area contributed by atoms with E-state index in [0.717, 1.165) is 11.3 Å². The lowest BCUT2D eigenvalue weighted by Gasteiger charge is -2.25. The molecule has 3 N–H and O–H groups in total. The van der Waals surface area contributed by atoms with Crippen molar-refractivity contribution in [1.82, 2.24) is 5.32 Å². The highest BCUT2D eigenvalue weighted by Crippen LogP contribution is 2.16. The van der Waals surface area contributed by atoms with Crippen molar-refractivity contribution >= 4 is 5.91 Å². The molecule has 0 saturated heterocycles. The first-order valence-electron chi connectivity index (χ1n) is 6.57. The Morgan fingerprint density at radius 1 is 1.42 bits per heavy atom. The van der Waals surface area contributed by atoms with E-state index in [9.17, 15) is 4.79 Å². The van der Waals surface area contributed by atoms with Gasteiger partial charge in [0.1, 0.15) is 5.75 Å². The Hall–Kier alpha value is -1.55. The average molecular weight is 264 g/mol. The number of primary amides is 1. The summed E-state index contributed by atoms with van der Waals surface area (Å²) in [6.45, 7) is 8.61. The lowest BCUT2D eigenvalue weighted by atomic mass is 10.00. The van der Waals surface area contributed by atoms with E-state index in [1.54, 1.807) is 0 Å². The third-order valence-electron chi connectivity index (χ3n) is 2.66. The third kappa shape index (κ3) is 6.25. The van der Waals surface area contributed by atoms with Crippen LogP contribution in [0.3, 0.4) is 0 Å². The van der Waals surface area contributed by atoms with E-state index in [1.165, 1.54) is 0 Å². The number of rotatable bonds is 7. The van der Waals surface area contributed by atoms with Gasteiger partial charge in [0.25, 0.3) is 0 Å². The van der Waals surface area contributed by atoms with E-state index in [1.807, 2.05) is 52.0 Å². The zero-order valence-electron chi connectivity index (χ0n) is 12.2. The van der Waals surface area contributed by atoms with E-state index in [0.29, 0.717) is 13.0 Å². The molecule has 19 heavy (non-hydrogen) atoms. The molecule has 0 aliphatic heterocycles. The lowest BCUT2D eigenvalue weighted by Crippen LogP contribution is -2.42. The van der Waals surface area contributed by atoms with Gasteiger partial charge < -0.3 is 15.8 Å². The summed E-state index contributed by atoms with van der Waals surface area (Å²) in [6.07, 6.45) is 0.476. The van der Waals surface area contributed by atoms with Gasteiger partial charge in [0, 0.05) is 18.5 Å². The number of ether oxygens (including phenoxy) is 1. The number of nitrogens with two attached hydrogens (primary N) is 1. The summed E-state index contributed by atoms with van der Waals surface area (Å²) in [5.41, 5.74) is 6.04. The summed E-state index contributed by atoms with van der Waals surface area (Å²) in [5, 5.41) is 3.33. The van der Waals surface area contributed by atoms with Crippen molar-refractivity contribution in [3.8, 4) is 5.75 Å². The van der Waals surface area contributed by atoms with Crippen LogP contribution >= 0.6 is 0 Å². The maximum Gasteiger partial charge on any atom is 0.219 e. The number of hydrogen-bond donors (Lipinski definition) is 2. The standard InChI is InChI=1S/C15H24N2O2/c1-11(2)19-13-7-5-6-12(8-13)10-17-15(3,4)9-14(16)18/h5-8,11,17H,9-10H2,1-4H3,(H2,16,18). The second kappa shape index (κ2) is 6.57. The van der Waals surface area contributed by atoms with Crippen molar-refractivity contribution in [2.75, 3.05) is 0 Å². The molecule has 0 aliphatic carbocycles. The monoisotopic (exact) mass is 264 g/mol. The van der Waals surface area contributed by atoms with Crippen LogP contribution in [0.1, 0.15) is 39.7 Å². The van der Waals surface area contributed by atoms with Crippen LogP contribution < -0.4 is 15.8 Å². The normalized spacial score (nSPS) is 11.6. The molecule has 0 aliphatic rings. The molecule has 106 valence electrons. The topological polar surface area (TPSA) is 64.3 Å². The third-order valence-corrected chi connectivity index (χ3v) is 2.66. The second-order valence-corrected chi connectivity index (χ2v) is 5.69. The highest BCUT2D eigenvalue weighted by Gasteiger charge is 2.19. The van der Waals surface area contributed by atoms with Gasteiger partial charge in [-0.3, -0.25) is 4.79 Å². The van der Waals surface area contributed by atoms with Gasteiger partial charge in [-0.1, -0.05) is 12.1 Å². The zero-order valence-corrected chi connectivity index (χ0v) is 12.2. The molecule has 0 fully saturated rings. The Morgan fingerprint density at radius 2 is 2.11 bits per heavy atom. The fourth-order valence-electron chi connectivity index (χ4n) is 1.84. The van der Waals surface area contributed by atoms with Gasteiger partial charge in [-0.2, -0.15) is 0 Å². The molecule has 0 atom stereocenters.